The lowest BCUT2D eigenvalue weighted by atomic mass is 10.1. The summed E-state index contributed by atoms with van der Waals surface area (Å²) in [7, 11) is 1.54. The van der Waals surface area contributed by atoms with Crippen LogP contribution < -0.4 is 10.6 Å². The molecule has 4 N–H and O–H groups in total. The first-order chi connectivity index (χ1) is 9.13. The summed E-state index contributed by atoms with van der Waals surface area (Å²) in [6.07, 6.45) is 4.09. The number of carbonyl (C=O) groups is 2. The van der Waals surface area contributed by atoms with E-state index in [-0.39, 0.29) is 6.54 Å². The molecule has 1 unspecified atom stereocenters. The number of methoxy groups -OCH3 is 1. The third-order valence-electron chi connectivity index (χ3n) is 2.42. The number of nitrogens with one attached hydrogen (secondary N) is 3. The highest BCUT2D eigenvalue weighted by atomic mass is 16.5. The third-order valence-corrected chi connectivity index (χ3v) is 2.42. The van der Waals surface area contributed by atoms with Crippen LogP contribution in [0.5, 0.6) is 0 Å². The van der Waals surface area contributed by atoms with Crippen molar-refractivity contribution in [1.29, 1.82) is 0 Å². The molecule has 0 aliphatic rings. The van der Waals surface area contributed by atoms with Gasteiger partial charge >= 0.3 is 12.0 Å². The second-order valence-corrected chi connectivity index (χ2v) is 3.89. The van der Waals surface area contributed by atoms with Crippen LogP contribution in [0.15, 0.2) is 12.4 Å². The van der Waals surface area contributed by atoms with Gasteiger partial charge in [0.05, 0.1) is 6.54 Å². The van der Waals surface area contributed by atoms with Crippen LogP contribution in [0.4, 0.5) is 4.79 Å². The Morgan fingerprint density at radius 3 is 2.95 bits per heavy atom. The Morgan fingerprint density at radius 2 is 2.37 bits per heavy atom. The molecule has 106 valence electrons. The van der Waals surface area contributed by atoms with Gasteiger partial charge in [0.25, 0.3) is 0 Å². The second kappa shape index (κ2) is 8.09. The number of aliphatic carboxylic acids is 1. The van der Waals surface area contributed by atoms with Crippen molar-refractivity contribution >= 4 is 12.0 Å². The number of rotatable bonds is 8. The fourth-order valence-electron chi connectivity index (χ4n) is 1.46. The summed E-state index contributed by atoms with van der Waals surface area (Å²) in [5.74, 6) is -0.467. The molecule has 1 heterocycles. The van der Waals surface area contributed by atoms with Gasteiger partial charge in [-0.15, -0.1) is 0 Å². The van der Waals surface area contributed by atoms with Gasteiger partial charge < -0.3 is 25.5 Å². The van der Waals surface area contributed by atoms with Crippen molar-refractivity contribution in [2.75, 3.05) is 13.7 Å². The lowest BCUT2D eigenvalue weighted by molar-refractivity contribution is -0.139. The summed E-state index contributed by atoms with van der Waals surface area (Å²) in [5, 5.41) is 13.9. The highest BCUT2D eigenvalue weighted by Crippen LogP contribution is 1.98. The van der Waals surface area contributed by atoms with Gasteiger partial charge in [-0.25, -0.2) is 14.6 Å². The minimum absolute atomic E-state index is 0.212. The van der Waals surface area contributed by atoms with Crippen molar-refractivity contribution in [2.24, 2.45) is 0 Å². The lowest BCUT2D eigenvalue weighted by Gasteiger charge is -2.14. The molecule has 1 aromatic rings. The van der Waals surface area contributed by atoms with Crippen LogP contribution in [0.1, 0.15) is 18.7 Å². The highest BCUT2D eigenvalue weighted by Gasteiger charge is 2.19. The number of nitrogens with zero attached hydrogens (tertiary/aromatic N) is 1. The maximum atomic E-state index is 11.5. The van der Waals surface area contributed by atoms with Gasteiger partial charge in [-0.3, -0.25) is 0 Å². The molecule has 0 saturated carbocycles. The molecule has 19 heavy (non-hydrogen) atoms. The van der Waals surface area contributed by atoms with Crippen LogP contribution in [-0.2, 0) is 16.1 Å². The van der Waals surface area contributed by atoms with E-state index in [4.69, 9.17) is 9.84 Å². The predicted molar refractivity (Wildman–Crippen MR) is 66.5 cm³/mol. The van der Waals surface area contributed by atoms with Gasteiger partial charge in [0, 0.05) is 26.1 Å². The van der Waals surface area contributed by atoms with Crippen molar-refractivity contribution in [3.8, 4) is 0 Å². The van der Waals surface area contributed by atoms with Crippen LogP contribution in [0.2, 0.25) is 0 Å². The molecule has 0 saturated heterocycles. The highest BCUT2D eigenvalue weighted by molar-refractivity contribution is 5.82. The first kappa shape index (κ1) is 15.0. The van der Waals surface area contributed by atoms with Crippen LogP contribution >= 0.6 is 0 Å². The topological polar surface area (TPSA) is 116 Å². The third kappa shape index (κ3) is 5.87. The summed E-state index contributed by atoms with van der Waals surface area (Å²) in [4.78, 5) is 29.2. The zero-order chi connectivity index (χ0) is 14.1. The molecule has 2 amide bonds. The Kier molecular flexibility index (Phi) is 6.37. The number of aromatic amines is 1. The average molecular weight is 270 g/mol. The summed E-state index contributed by atoms with van der Waals surface area (Å²) in [6, 6.07) is -1.46. The van der Waals surface area contributed by atoms with E-state index in [0.29, 0.717) is 25.3 Å². The van der Waals surface area contributed by atoms with Crippen molar-refractivity contribution in [1.82, 2.24) is 20.6 Å². The fourth-order valence-corrected chi connectivity index (χ4v) is 1.46. The van der Waals surface area contributed by atoms with Gasteiger partial charge in [0.1, 0.15) is 11.9 Å². The van der Waals surface area contributed by atoms with Crippen LogP contribution in [0.25, 0.3) is 0 Å². The molecule has 0 aromatic carbocycles. The Balaban J connectivity index is 2.32. The summed E-state index contributed by atoms with van der Waals surface area (Å²) in [6.45, 7) is 0.669. The number of aromatic nitrogens is 2. The molecule has 0 radical (unpaired) electrons. The van der Waals surface area contributed by atoms with Crippen molar-refractivity contribution in [3.63, 3.8) is 0 Å². The number of amides is 2. The molecule has 8 nitrogen and oxygen atoms in total. The zero-order valence-corrected chi connectivity index (χ0v) is 10.7. The zero-order valence-electron chi connectivity index (χ0n) is 10.7. The molecule has 1 atom stereocenters. The quantitative estimate of drug-likeness (QED) is 0.499. The summed E-state index contributed by atoms with van der Waals surface area (Å²) in [5.41, 5.74) is 0. The number of carboxylic acid groups (broad SMARTS) is 1. The molecule has 0 spiro atoms. The Bertz CT molecular complexity index is 393. The number of carbonyl (C=O) groups excluding carboxylic acids is 1. The number of ether oxygens (including phenoxy) is 1. The van der Waals surface area contributed by atoms with Crippen molar-refractivity contribution in [2.45, 2.75) is 25.4 Å². The molecular formula is C11H18N4O4. The largest absolute Gasteiger partial charge is 0.480 e. The van der Waals surface area contributed by atoms with E-state index in [9.17, 15) is 9.59 Å². The standard InChI is InChI=1S/C11H18N4O4/c1-19-6-2-3-8(10(16)17)15-11(18)14-7-9-12-4-5-13-9/h4-5,8H,2-3,6-7H2,1H3,(H,12,13)(H,16,17)(H2,14,15,18). The van der Waals surface area contributed by atoms with E-state index in [1.165, 1.54) is 0 Å². The molecule has 0 fully saturated rings. The normalized spacial score (nSPS) is 11.8. The molecule has 0 bridgehead atoms. The first-order valence-corrected chi connectivity index (χ1v) is 5.88. The van der Waals surface area contributed by atoms with Gasteiger partial charge in [0.15, 0.2) is 0 Å². The van der Waals surface area contributed by atoms with Gasteiger partial charge in [-0.1, -0.05) is 0 Å². The van der Waals surface area contributed by atoms with Crippen LogP contribution in [0, 0.1) is 0 Å². The maximum Gasteiger partial charge on any atom is 0.326 e. The van der Waals surface area contributed by atoms with Crippen LogP contribution in [0.3, 0.4) is 0 Å². The van der Waals surface area contributed by atoms with Crippen molar-refractivity contribution in [3.05, 3.63) is 18.2 Å². The number of hydrogen-bond donors (Lipinski definition) is 4. The van der Waals surface area contributed by atoms with Gasteiger partial charge in [-0.05, 0) is 12.8 Å². The molecule has 0 aliphatic carbocycles. The average Bonchev–Trinajstić information content (AvgIpc) is 2.88. The van der Waals surface area contributed by atoms with Gasteiger partial charge in [-0.2, -0.15) is 0 Å². The van der Waals surface area contributed by atoms with E-state index >= 15 is 0 Å². The van der Waals surface area contributed by atoms with E-state index in [1.54, 1.807) is 19.5 Å². The molecule has 0 aliphatic heterocycles. The number of imidazole rings is 1. The van der Waals surface area contributed by atoms with Crippen LogP contribution in [-0.4, -0.2) is 46.8 Å². The minimum atomic E-state index is -1.07. The molecule has 8 heteroatoms. The SMILES string of the molecule is COCCCC(NC(=O)NCc1ncc[nH]1)C(=O)O. The summed E-state index contributed by atoms with van der Waals surface area (Å²) >= 11 is 0. The smallest absolute Gasteiger partial charge is 0.326 e. The Labute approximate surface area is 110 Å². The van der Waals surface area contributed by atoms with Crippen molar-refractivity contribution < 1.29 is 19.4 Å². The number of H-pyrrole nitrogens is 1. The number of urea groups is 1. The maximum absolute atomic E-state index is 11.5. The molecule has 1 rings (SSSR count). The molecule has 1 aromatic heterocycles. The van der Waals surface area contributed by atoms with Gasteiger partial charge in [0.2, 0.25) is 0 Å². The number of hydrogen-bond acceptors (Lipinski definition) is 4. The molecular weight excluding hydrogens is 252 g/mol. The Hall–Kier alpha value is -2.09. The lowest BCUT2D eigenvalue weighted by Crippen LogP contribution is -2.45. The Morgan fingerprint density at radius 1 is 1.58 bits per heavy atom. The van der Waals surface area contributed by atoms with E-state index < -0.39 is 18.0 Å². The predicted octanol–water partition coefficient (Wildman–Crippen LogP) is 0.0887. The monoisotopic (exact) mass is 270 g/mol. The minimum Gasteiger partial charge on any atom is -0.480 e. The summed E-state index contributed by atoms with van der Waals surface area (Å²) < 4.78 is 4.84. The van der Waals surface area contributed by atoms with E-state index in [2.05, 4.69) is 20.6 Å². The number of carboxylic acids is 1. The second-order valence-electron chi connectivity index (χ2n) is 3.89. The first-order valence-electron chi connectivity index (χ1n) is 5.88. The van der Waals surface area contributed by atoms with E-state index in [1.807, 2.05) is 0 Å². The fraction of sp³-hybridized carbons (Fsp3) is 0.545. The van der Waals surface area contributed by atoms with E-state index in [0.717, 1.165) is 0 Å².